The van der Waals surface area contributed by atoms with E-state index in [0.717, 1.165) is 5.69 Å². The summed E-state index contributed by atoms with van der Waals surface area (Å²) >= 11 is 0. The summed E-state index contributed by atoms with van der Waals surface area (Å²) < 4.78 is 10.7. The quantitative estimate of drug-likeness (QED) is 0.914. The number of carbonyl (C=O) groups excluding carboxylic acids is 1. The number of ether oxygens (including phenoxy) is 1. The second kappa shape index (κ2) is 6.56. The largest absolute Gasteiger partial charge is 0.377 e. The summed E-state index contributed by atoms with van der Waals surface area (Å²) in [6, 6.07) is 1.51. The molecule has 0 spiro atoms. The Labute approximate surface area is 140 Å². The molecule has 0 unspecified atom stereocenters. The zero-order valence-electron chi connectivity index (χ0n) is 14.3. The van der Waals surface area contributed by atoms with Gasteiger partial charge in [0.15, 0.2) is 5.82 Å². The maximum Gasteiger partial charge on any atom is 0.260 e. The van der Waals surface area contributed by atoms with Gasteiger partial charge in [0.1, 0.15) is 23.2 Å². The highest BCUT2D eigenvalue weighted by atomic mass is 16.5. The molecule has 1 aliphatic rings. The molecular formula is C16H21N5O3. The highest BCUT2D eigenvalue weighted by Crippen LogP contribution is 2.26. The number of carbonyl (C=O) groups is 1. The zero-order chi connectivity index (χ0) is 17.3. The Balaban J connectivity index is 1.97. The lowest BCUT2D eigenvalue weighted by atomic mass is 10.1. The van der Waals surface area contributed by atoms with Crippen LogP contribution in [0.15, 0.2) is 10.6 Å². The third-order valence-electron chi connectivity index (χ3n) is 4.06. The lowest BCUT2D eigenvalue weighted by Gasteiger charge is -2.34. The van der Waals surface area contributed by atoms with Crippen LogP contribution in [0.2, 0.25) is 0 Å². The first kappa shape index (κ1) is 16.4. The van der Waals surface area contributed by atoms with Crippen LogP contribution in [0.1, 0.15) is 39.4 Å². The number of anilines is 1. The first-order valence-corrected chi connectivity index (χ1v) is 7.86. The number of nitrogens with one attached hydrogen (secondary N) is 1. The fraction of sp³-hybridized carbons (Fsp3) is 0.500. The lowest BCUT2D eigenvalue weighted by Crippen LogP contribution is -2.44. The first-order valence-electron chi connectivity index (χ1n) is 7.86. The van der Waals surface area contributed by atoms with Crippen molar-refractivity contribution < 1.29 is 14.1 Å². The highest BCUT2D eigenvalue weighted by Gasteiger charge is 2.34. The van der Waals surface area contributed by atoms with E-state index in [2.05, 4.69) is 20.4 Å². The summed E-state index contributed by atoms with van der Waals surface area (Å²) in [5, 5.41) is 6.89. The minimum Gasteiger partial charge on any atom is -0.377 e. The second-order valence-corrected chi connectivity index (χ2v) is 5.79. The monoisotopic (exact) mass is 331 g/mol. The molecule has 1 N–H and O–H groups in total. The summed E-state index contributed by atoms with van der Waals surface area (Å²) in [4.78, 5) is 23.8. The molecule has 2 aromatic rings. The molecule has 1 fully saturated rings. The minimum absolute atomic E-state index is 0.129. The van der Waals surface area contributed by atoms with Gasteiger partial charge in [-0.05, 0) is 20.8 Å². The molecule has 128 valence electrons. The van der Waals surface area contributed by atoms with E-state index in [9.17, 15) is 4.79 Å². The molecule has 1 aliphatic heterocycles. The molecular weight excluding hydrogens is 310 g/mol. The molecule has 0 saturated carbocycles. The molecule has 1 saturated heterocycles. The summed E-state index contributed by atoms with van der Waals surface area (Å²) in [7, 11) is 1.80. The average Bonchev–Trinajstić information content (AvgIpc) is 2.92. The van der Waals surface area contributed by atoms with E-state index in [-0.39, 0.29) is 11.9 Å². The molecule has 24 heavy (non-hydrogen) atoms. The van der Waals surface area contributed by atoms with Crippen LogP contribution in [-0.4, -0.2) is 52.7 Å². The van der Waals surface area contributed by atoms with Crippen molar-refractivity contribution in [3.63, 3.8) is 0 Å². The van der Waals surface area contributed by atoms with Gasteiger partial charge in [0.05, 0.1) is 18.9 Å². The Morgan fingerprint density at radius 3 is 2.79 bits per heavy atom. The molecule has 8 nitrogen and oxygen atoms in total. The standard InChI is InChI=1S/C16H21N5O3/c1-9-7-13(17-4)19-15(18-9)12-8-23-6-5-21(12)16(22)14-10(2)20-24-11(14)3/h7,12H,5-6,8H2,1-4H3,(H,17,18,19)/t12-/m0/s1. The Morgan fingerprint density at radius 2 is 2.12 bits per heavy atom. The molecule has 3 heterocycles. The van der Waals surface area contributed by atoms with Gasteiger partial charge in [-0.15, -0.1) is 0 Å². The second-order valence-electron chi connectivity index (χ2n) is 5.79. The van der Waals surface area contributed by atoms with E-state index in [1.165, 1.54) is 0 Å². The number of amides is 1. The van der Waals surface area contributed by atoms with Gasteiger partial charge in [0, 0.05) is 25.4 Å². The summed E-state index contributed by atoms with van der Waals surface area (Å²) in [5.74, 6) is 1.67. The Hall–Kier alpha value is -2.48. The SMILES string of the molecule is CNc1cc(C)nc([C@@H]2COCCN2C(=O)c2c(C)noc2C)n1. The van der Waals surface area contributed by atoms with Crippen molar-refractivity contribution in [2.45, 2.75) is 26.8 Å². The van der Waals surface area contributed by atoms with Crippen molar-refractivity contribution in [3.05, 3.63) is 34.6 Å². The minimum atomic E-state index is -0.341. The van der Waals surface area contributed by atoms with Gasteiger partial charge in [-0.1, -0.05) is 5.16 Å². The van der Waals surface area contributed by atoms with Crippen LogP contribution in [0.5, 0.6) is 0 Å². The van der Waals surface area contributed by atoms with Crippen molar-refractivity contribution in [2.75, 3.05) is 32.1 Å². The number of rotatable bonds is 3. The number of aromatic nitrogens is 3. The lowest BCUT2D eigenvalue weighted by molar-refractivity contribution is -0.00535. The van der Waals surface area contributed by atoms with E-state index in [1.54, 1.807) is 25.8 Å². The predicted molar refractivity (Wildman–Crippen MR) is 86.9 cm³/mol. The summed E-state index contributed by atoms with van der Waals surface area (Å²) in [5.41, 5.74) is 1.92. The zero-order valence-corrected chi connectivity index (χ0v) is 14.3. The molecule has 1 atom stereocenters. The van der Waals surface area contributed by atoms with E-state index in [4.69, 9.17) is 9.26 Å². The molecule has 0 bridgehead atoms. The molecule has 8 heteroatoms. The van der Waals surface area contributed by atoms with E-state index in [0.29, 0.717) is 48.4 Å². The fourth-order valence-corrected chi connectivity index (χ4v) is 2.86. The van der Waals surface area contributed by atoms with Gasteiger partial charge < -0.3 is 19.5 Å². The van der Waals surface area contributed by atoms with Crippen molar-refractivity contribution >= 4 is 11.7 Å². The summed E-state index contributed by atoms with van der Waals surface area (Å²) in [6.45, 7) is 6.72. The molecule has 0 aromatic carbocycles. The maximum absolute atomic E-state index is 13.0. The van der Waals surface area contributed by atoms with Crippen LogP contribution in [0.25, 0.3) is 0 Å². The average molecular weight is 331 g/mol. The third-order valence-corrected chi connectivity index (χ3v) is 4.06. The van der Waals surface area contributed by atoms with Crippen molar-refractivity contribution in [2.24, 2.45) is 0 Å². The molecule has 2 aromatic heterocycles. The van der Waals surface area contributed by atoms with Crippen molar-refractivity contribution in [1.82, 2.24) is 20.0 Å². The molecule has 1 amide bonds. The summed E-state index contributed by atoms with van der Waals surface area (Å²) in [6.07, 6.45) is 0. The van der Waals surface area contributed by atoms with Gasteiger partial charge in [0.25, 0.3) is 5.91 Å². The van der Waals surface area contributed by atoms with E-state index < -0.39 is 0 Å². The van der Waals surface area contributed by atoms with Gasteiger partial charge in [-0.2, -0.15) is 0 Å². The van der Waals surface area contributed by atoms with Crippen LogP contribution in [0, 0.1) is 20.8 Å². The normalized spacial score (nSPS) is 17.8. The van der Waals surface area contributed by atoms with E-state index >= 15 is 0 Å². The van der Waals surface area contributed by atoms with Crippen LogP contribution >= 0.6 is 0 Å². The Kier molecular flexibility index (Phi) is 4.48. The van der Waals surface area contributed by atoms with E-state index in [1.807, 2.05) is 13.0 Å². The number of hydrogen-bond donors (Lipinski definition) is 1. The van der Waals surface area contributed by atoms with Crippen LogP contribution < -0.4 is 5.32 Å². The molecule has 3 rings (SSSR count). The number of morpholine rings is 1. The number of hydrogen-bond acceptors (Lipinski definition) is 7. The fourth-order valence-electron chi connectivity index (χ4n) is 2.86. The van der Waals surface area contributed by atoms with Gasteiger partial charge in [-0.3, -0.25) is 4.79 Å². The Morgan fingerprint density at radius 1 is 1.33 bits per heavy atom. The maximum atomic E-state index is 13.0. The van der Waals surface area contributed by atoms with Crippen molar-refractivity contribution in [1.29, 1.82) is 0 Å². The Bertz CT molecular complexity index is 739. The number of nitrogens with zero attached hydrogens (tertiary/aromatic N) is 4. The molecule has 0 radical (unpaired) electrons. The number of aryl methyl sites for hydroxylation is 3. The van der Waals surface area contributed by atoms with Crippen LogP contribution in [0.4, 0.5) is 5.82 Å². The van der Waals surface area contributed by atoms with Crippen LogP contribution in [-0.2, 0) is 4.74 Å². The topological polar surface area (TPSA) is 93.4 Å². The third kappa shape index (κ3) is 2.96. The highest BCUT2D eigenvalue weighted by molar-refractivity contribution is 5.96. The van der Waals surface area contributed by atoms with Crippen LogP contribution in [0.3, 0.4) is 0 Å². The van der Waals surface area contributed by atoms with Crippen molar-refractivity contribution in [3.8, 4) is 0 Å². The predicted octanol–water partition coefficient (Wildman–Crippen LogP) is 1.65. The van der Waals surface area contributed by atoms with Gasteiger partial charge >= 0.3 is 0 Å². The van der Waals surface area contributed by atoms with Gasteiger partial charge in [0.2, 0.25) is 0 Å². The smallest absolute Gasteiger partial charge is 0.260 e. The van der Waals surface area contributed by atoms with Gasteiger partial charge in [-0.25, -0.2) is 9.97 Å². The molecule has 0 aliphatic carbocycles. The first-order chi connectivity index (χ1) is 11.5.